The minimum atomic E-state index is -0.832. The van der Waals surface area contributed by atoms with Crippen molar-refractivity contribution in [2.24, 2.45) is 5.92 Å². The number of allylic oxidation sites excluding steroid dienone is 1. The second-order valence-corrected chi connectivity index (χ2v) is 12.5. The predicted octanol–water partition coefficient (Wildman–Crippen LogP) is 1.14. The Labute approximate surface area is 288 Å². The molecule has 2 atom stereocenters. The number of benzene rings is 2. The third-order valence-electron chi connectivity index (χ3n) is 9.10. The van der Waals surface area contributed by atoms with Crippen molar-refractivity contribution in [3.63, 3.8) is 0 Å². The Balaban J connectivity index is 0.924. The standard InChI is InChI=1S/C34H30N8O9/c43-27-9-7-17(31(47)37-27)11-18-12-22-20(30(18)46)3-1-5-24(22)35-29(45)15-41-13-19(39-40-41)16-51-34(50)36-25-6-2-4-21-23(25)14-42(33(21)49)26-8-10-28(44)38-32(26)48/h1-6,11,13,17,26H,7-10,12,14-16H2,(H,35,45)(H,36,50)(H,37,43,47)(H,38,44,48). The van der Waals surface area contributed by atoms with Crippen LogP contribution in [0.2, 0.25) is 0 Å². The average Bonchev–Trinajstić information content (AvgIpc) is 3.78. The number of nitrogens with zero attached hydrogens (tertiary/aromatic N) is 4. The van der Waals surface area contributed by atoms with Crippen LogP contribution in [0.3, 0.4) is 0 Å². The summed E-state index contributed by atoms with van der Waals surface area (Å²) >= 11 is 0. The highest BCUT2D eigenvalue weighted by Gasteiger charge is 2.40. The zero-order valence-corrected chi connectivity index (χ0v) is 26.9. The van der Waals surface area contributed by atoms with Crippen molar-refractivity contribution in [3.05, 3.63) is 82.2 Å². The number of fused-ring (bicyclic) bond motifs is 2. The molecule has 17 nitrogen and oxygen atoms in total. The van der Waals surface area contributed by atoms with Crippen LogP contribution in [0.4, 0.5) is 16.2 Å². The van der Waals surface area contributed by atoms with E-state index in [-0.39, 0.29) is 74.6 Å². The zero-order valence-electron chi connectivity index (χ0n) is 26.9. The Kier molecular flexibility index (Phi) is 8.68. The molecular formula is C34H30N8O9. The van der Waals surface area contributed by atoms with Gasteiger partial charge >= 0.3 is 6.09 Å². The summed E-state index contributed by atoms with van der Waals surface area (Å²) in [4.78, 5) is 101. The van der Waals surface area contributed by atoms with Crippen LogP contribution in [0, 0.1) is 5.92 Å². The van der Waals surface area contributed by atoms with Gasteiger partial charge in [-0.25, -0.2) is 9.48 Å². The number of ether oxygens (including phenoxy) is 1. The van der Waals surface area contributed by atoms with E-state index in [4.69, 9.17) is 4.74 Å². The molecule has 0 bridgehead atoms. The van der Waals surface area contributed by atoms with Gasteiger partial charge in [-0.15, -0.1) is 5.10 Å². The fourth-order valence-corrected chi connectivity index (χ4v) is 6.60. The number of hydrogen-bond acceptors (Lipinski definition) is 11. The fraction of sp³-hybridized carbons (Fsp3) is 0.294. The van der Waals surface area contributed by atoms with E-state index in [1.807, 2.05) is 0 Å². The maximum absolute atomic E-state index is 13.1. The topological polar surface area (TPSA) is 228 Å². The quantitative estimate of drug-likeness (QED) is 0.193. The molecule has 3 aliphatic heterocycles. The van der Waals surface area contributed by atoms with Crippen LogP contribution in [0.5, 0.6) is 0 Å². The molecule has 4 N–H and O–H groups in total. The number of amides is 7. The van der Waals surface area contributed by atoms with Gasteiger partial charge in [0.15, 0.2) is 5.78 Å². The highest BCUT2D eigenvalue weighted by atomic mass is 16.5. The Morgan fingerprint density at radius 1 is 0.882 bits per heavy atom. The molecule has 2 aromatic carbocycles. The van der Waals surface area contributed by atoms with Gasteiger partial charge in [0.1, 0.15) is 24.9 Å². The largest absolute Gasteiger partial charge is 0.443 e. The molecule has 2 saturated heterocycles. The van der Waals surface area contributed by atoms with Crippen LogP contribution in [0.1, 0.15) is 63.2 Å². The Hall–Kier alpha value is -6.52. The maximum atomic E-state index is 13.1. The van der Waals surface area contributed by atoms with Gasteiger partial charge in [0.25, 0.3) is 5.91 Å². The number of Topliss-reactive ketones (excluding diaryl/α,β-unsaturated/α-hetero) is 1. The summed E-state index contributed by atoms with van der Waals surface area (Å²) in [5, 5.41) is 17.8. The molecule has 1 aliphatic carbocycles. The summed E-state index contributed by atoms with van der Waals surface area (Å²) in [5.74, 6) is -3.37. The molecule has 4 aliphatic rings. The number of nitrogens with one attached hydrogen (secondary N) is 4. The van der Waals surface area contributed by atoms with Crippen LogP contribution in [0.25, 0.3) is 0 Å². The Morgan fingerprint density at radius 3 is 2.33 bits per heavy atom. The summed E-state index contributed by atoms with van der Waals surface area (Å²) in [6, 6.07) is 8.96. The predicted molar refractivity (Wildman–Crippen MR) is 173 cm³/mol. The van der Waals surface area contributed by atoms with Crippen LogP contribution >= 0.6 is 0 Å². The molecule has 51 heavy (non-hydrogen) atoms. The van der Waals surface area contributed by atoms with E-state index in [0.29, 0.717) is 45.6 Å². The first-order valence-corrected chi connectivity index (χ1v) is 16.1. The van der Waals surface area contributed by atoms with Gasteiger partial charge in [0.2, 0.25) is 29.5 Å². The van der Waals surface area contributed by atoms with Crippen molar-refractivity contribution >= 4 is 58.7 Å². The smallest absolute Gasteiger partial charge is 0.412 e. The lowest BCUT2D eigenvalue weighted by Crippen LogP contribution is -2.52. The van der Waals surface area contributed by atoms with Crippen LogP contribution in [0.15, 0.2) is 54.2 Å². The molecule has 7 amide bonds. The summed E-state index contributed by atoms with van der Waals surface area (Å²) < 4.78 is 6.55. The molecule has 2 fully saturated rings. The Morgan fingerprint density at radius 2 is 1.59 bits per heavy atom. The van der Waals surface area contributed by atoms with Crippen molar-refractivity contribution in [2.45, 2.75) is 57.8 Å². The molecular weight excluding hydrogens is 664 g/mol. The van der Waals surface area contributed by atoms with Crippen molar-refractivity contribution in [3.8, 4) is 0 Å². The zero-order chi connectivity index (χ0) is 35.8. The molecule has 0 spiro atoms. The van der Waals surface area contributed by atoms with Crippen molar-refractivity contribution in [1.29, 1.82) is 0 Å². The average molecular weight is 695 g/mol. The Bertz CT molecular complexity index is 2090. The lowest BCUT2D eigenvalue weighted by Gasteiger charge is -2.29. The number of ketones is 1. The second-order valence-electron chi connectivity index (χ2n) is 12.5. The highest BCUT2D eigenvalue weighted by Crippen LogP contribution is 2.34. The van der Waals surface area contributed by atoms with E-state index >= 15 is 0 Å². The first kappa shape index (κ1) is 33.0. The SMILES string of the molecule is O=C1CCC(C=C2Cc3c(NC(=O)Cn4cc(COC(=O)Nc5cccc6c5CN(C5CCC(=O)NC5=O)C6=O)nn4)cccc3C2=O)C(=O)N1. The second kappa shape index (κ2) is 13.4. The monoisotopic (exact) mass is 694 g/mol. The van der Waals surface area contributed by atoms with Gasteiger partial charge in [-0.05, 0) is 36.6 Å². The molecule has 0 radical (unpaired) electrons. The van der Waals surface area contributed by atoms with Crippen molar-refractivity contribution in [1.82, 2.24) is 30.5 Å². The molecule has 7 rings (SSSR count). The van der Waals surface area contributed by atoms with Crippen LogP contribution in [-0.4, -0.2) is 73.3 Å². The summed E-state index contributed by atoms with van der Waals surface area (Å²) in [6.07, 6.45) is 3.26. The van der Waals surface area contributed by atoms with Gasteiger partial charge in [-0.3, -0.25) is 49.5 Å². The molecule has 3 aromatic rings. The third kappa shape index (κ3) is 6.72. The van der Waals surface area contributed by atoms with Gasteiger partial charge < -0.3 is 15.0 Å². The molecule has 1 aromatic heterocycles. The number of carbonyl (C=O) groups is 8. The van der Waals surface area contributed by atoms with Crippen molar-refractivity contribution < 1.29 is 43.1 Å². The lowest BCUT2D eigenvalue weighted by atomic mass is 9.94. The summed E-state index contributed by atoms with van der Waals surface area (Å²) in [6.45, 7) is -0.445. The van der Waals surface area contributed by atoms with E-state index in [9.17, 15) is 38.4 Å². The van der Waals surface area contributed by atoms with Crippen molar-refractivity contribution in [2.75, 3.05) is 10.6 Å². The van der Waals surface area contributed by atoms with Gasteiger partial charge in [0.05, 0.1) is 12.1 Å². The number of anilines is 2. The van der Waals surface area contributed by atoms with E-state index in [2.05, 4.69) is 31.6 Å². The van der Waals surface area contributed by atoms with E-state index in [1.165, 1.54) is 15.8 Å². The fourth-order valence-electron chi connectivity index (χ4n) is 6.60. The molecule has 4 heterocycles. The number of hydrogen-bond donors (Lipinski definition) is 4. The minimum absolute atomic E-state index is 0.0651. The van der Waals surface area contributed by atoms with Gasteiger partial charge in [-0.1, -0.05) is 29.5 Å². The summed E-state index contributed by atoms with van der Waals surface area (Å²) in [7, 11) is 0. The van der Waals surface area contributed by atoms with E-state index in [1.54, 1.807) is 42.5 Å². The first-order chi connectivity index (χ1) is 24.5. The molecule has 2 unspecified atom stereocenters. The van der Waals surface area contributed by atoms with Gasteiger partial charge in [-0.2, -0.15) is 0 Å². The summed E-state index contributed by atoms with van der Waals surface area (Å²) in [5.41, 5.74) is 3.32. The minimum Gasteiger partial charge on any atom is -0.443 e. The van der Waals surface area contributed by atoms with E-state index < -0.39 is 35.8 Å². The lowest BCUT2D eigenvalue weighted by molar-refractivity contribution is -0.137. The highest BCUT2D eigenvalue weighted by molar-refractivity contribution is 6.15. The normalized spacial score (nSPS) is 20.5. The van der Waals surface area contributed by atoms with E-state index in [0.717, 1.165) is 0 Å². The number of carbonyl (C=O) groups excluding carboxylic acids is 8. The van der Waals surface area contributed by atoms with Gasteiger partial charge in [0, 0.05) is 59.4 Å². The molecule has 17 heteroatoms. The van der Waals surface area contributed by atoms with Crippen LogP contribution < -0.4 is 21.3 Å². The van der Waals surface area contributed by atoms with Crippen LogP contribution in [-0.2, 0) is 54.8 Å². The number of rotatable bonds is 8. The number of piperidine rings is 2. The number of imide groups is 2. The first-order valence-electron chi connectivity index (χ1n) is 16.1. The molecule has 0 saturated carbocycles. The molecule has 260 valence electrons. The third-order valence-corrected chi connectivity index (χ3v) is 9.10. The number of aromatic nitrogens is 3. The maximum Gasteiger partial charge on any atom is 0.412 e.